The smallest absolute Gasteiger partial charge is 0.311 e. The first-order valence-electron chi connectivity index (χ1n) is 18.5. The number of esters is 2. The van der Waals surface area contributed by atoms with Crippen LogP contribution in [0.25, 0.3) is 0 Å². The first-order chi connectivity index (χ1) is 23.8. The van der Waals surface area contributed by atoms with Gasteiger partial charge in [0.1, 0.15) is 12.2 Å². The number of ether oxygens (including phenoxy) is 8. The van der Waals surface area contributed by atoms with Crippen LogP contribution in [-0.2, 0) is 52.3 Å². The predicted molar refractivity (Wildman–Crippen MR) is 183 cm³/mol. The number of likely N-dealkylation sites (N-methyl/N-ethyl adjacent to an activating group) is 1. The molecule has 2 N–H and O–H groups in total. The molecule has 1 spiro atoms. The third kappa shape index (κ3) is 9.50. The molecule has 0 aliphatic carbocycles. The number of ketones is 1. The Bertz CT molecular complexity index is 1200. The average molecular weight is 730 g/mol. The number of aliphatic hydroxyl groups is 2. The predicted octanol–water partition coefficient (Wildman–Crippen LogP) is 2.48. The second-order valence-corrected chi connectivity index (χ2v) is 15.9. The van der Waals surface area contributed by atoms with Gasteiger partial charge in [-0.05, 0) is 60.5 Å². The summed E-state index contributed by atoms with van der Waals surface area (Å²) >= 11 is 0. The molecule has 0 bridgehead atoms. The molecule has 0 radical (unpaired) electrons. The third-order valence-corrected chi connectivity index (χ3v) is 11.7. The molecule has 0 saturated carbocycles. The molecule has 0 aromatic heterocycles. The van der Waals surface area contributed by atoms with Crippen molar-refractivity contribution in [3.05, 3.63) is 0 Å². The summed E-state index contributed by atoms with van der Waals surface area (Å²) in [6.45, 7) is 15.9. The summed E-state index contributed by atoms with van der Waals surface area (Å²) in [7, 11) is 5.33. The summed E-state index contributed by atoms with van der Waals surface area (Å²) in [5, 5.41) is 22.0. The van der Waals surface area contributed by atoms with Gasteiger partial charge in [0.25, 0.3) is 0 Å². The Morgan fingerprint density at radius 2 is 1.49 bits per heavy atom. The van der Waals surface area contributed by atoms with Crippen LogP contribution in [0.4, 0.5) is 0 Å². The van der Waals surface area contributed by atoms with Crippen molar-refractivity contribution in [3.63, 3.8) is 0 Å². The van der Waals surface area contributed by atoms with E-state index in [9.17, 15) is 24.6 Å². The molecule has 0 aromatic carbocycles. The van der Waals surface area contributed by atoms with Crippen LogP contribution in [0.2, 0.25) is 0 Å². The Hall–Kier alpha value is -1.75. The second-order valence-electron chi connectivity index (χ2n) is 15.9. The van der Waals surface area contributed by atoms with Gasteiger partial charge in [-0.3, -0.25) is 14.4 Å². The minimum Gasteiger partial charge on any atom is -0.462 e. The fraction of sp³-hybridized carbons (Fsp3) is 0.919. The Kier molecular flexibility index (Phi) is 14.1. The first-order valence-corrected chi connectivity index (χ1v) is 18.5. The van der Waals surface area contributed by atoms with Gasteiger partial charge >= 0.3 is 11.9 Å². The number of carbonyl (C=O) groups excluding carboxylic acids is 3. The van der Waals surface area contributed by atoms with E-state index in [1.165, 1.54) is 14.0 Å². The highest BCUT2D eigenvalue weighted by atomic mass is 16.7. The molecule has 294 valence electrons. The number of cyclic esters (lactones) is 1. The summed E-state index contributed by atoms with van der Waals surface area (Å²) in [6, 6.07) is -0.215. The Labute approximate surface area is 303 Å². The Balaban J connectivity index is 1.79. The van der Waals surface area contributed by atoms with E-state index in [4.69, 9.17) is 37.9 Å². The number of epoxide rings is 1. The van der Waals surface area contributed by atoms with Gasteiger partial charge in [-0.15, -0.1) is 0 Å². The number of carbonyl (C=O) groups is 3. The molecular formula is C37H63NO13. The SMILES string of the molecule is CO[C@H]1C[C@H](OC2[C@@H](C)C(=O)O[C@H](C)[C@H](C)[C@H](O)[C@@H](C)C(=O)[C@]3(CO3)C[C@H](C)[C@H](O[C@@H]3O[C@H](C)C[C@H](N(C)C)[C@H]3OC(C)=O)[C@H]2C)O[C@@H](C)[C@@H]1O. The highest BCUT2D eigenvalue weighted by Gasteiger charge is 2.57. The number of nitrogens with zero attached hydrogens (tertiary/aromatic N) is 1. The topological polar surface area (TPSA) is 172 Å². The molecule has 0 amide bonds. The summed E-state index contributed by atoms with van der Waals surface area (Å²) < 4.78 is 49.4. The van der Waals surface area contributed by atoms with Gasteiger partial charge in [0.05, 0.1) is 55.2 Å². The minimum atomic E-state index is -1.13. The fourth-order valence-corrected chi connectivity index (χ4v) is 8.20. The van der Waals surface area contributed by atoms with E-state index >= 15 is 0 Å². The number of Topliss-reactive ketones (excluding diaryl/α,β-unsaturated/α-hetero) is 1. The summed E-state index contributed by atoms with van der Waals surface area (Å²) in [5.74, 6) is -4.39. The number of methoxy groups -OCH3 is 1. The molecule has 4 fully saturated rings. The van der Waals surface area contributed by atoms with E-state index < -0.39 is 103 Å². The fourth-order valence-electron chi connectivity index (χ4n) is 8.20. The number of rotatable bonds is 7. The number of hydrogen-bond acceptors (Lipinski definition) is 14. The lowest BCUT2D eigenvalue weighted by Gasteiger charge is -2.46. The van der Waals surface area contributed by atoms with E-state index in [1.807, 2.05) is 39.8 Å². The maximum absolute atomic E-state index is 14.0. The van der Waals surface area contributed by atoms with Gasteiger partial charge < -0.3 is 53.0 Å². The van der Waals surface area contributed by atoms with Crippen molar-refractivity contribution in [2.24, 2.45) is 29.6 Å². The van der Waals surface area contributed by atoms with E-state index in [1.54, 1.807) is 34.6 Å². The lowest BCUT2D eigenvalue weighted by Crippen LogP contribution is -2.58. The molecule has 0 aromatic rings. The van der Waals surface area contributed by atoms with Crippen LogP contribution < -0.4 is 0 Å². The molecule has 1 unspecified atom stereocenters. The molecular weight excluding hydrogens is 666 g/mol. The molecule has 14 nitrogen and oxygen atoms in total. The molecule has 4 rings (SSSR count). The first kappa shape index (κ1) is 42.0. The van der Waals surface area contributed by atoms with E-state index in [-0.39, 0.29) is 43.3 Å². The lowest BCUT2D eigenvalue weighted by molar-refractivity contribution is -0.300. The molecule has 4 aliphatic heterocycles. The normalized spacial score (nSPS) is 47.5. The second kappa shape index (κ2) is 17.2. The van der Waals surface area contributed by atoms with Crippen molar-refractivity contribution in [3.8, 4) is 0 Å². The van der Waals surface area contributed by atoms with E-state index in [2.05, 4.69) is 0 Å². The van der Waals surface area contributed by atoms with Crippen LogP contribution in [0.1, 0.15) is 81.6 Å². The molecule has 4 saturated heterocycles. The largest absolute Gasteiger partial charge is 0.462 e. The highest BCUT2D eigenvalue weighted by molar-refractivity contribution is 5.92. The van der Waals surface area contributed by atoms with Gasteiger partial charge in [-0.2, -0.15) is 0 Å². The van der Waals surface area contributed by atoms with Gasteiger partial charge in [0.2, 0.25) is 0 Å². The lowest BCUT2D eigenvalue weighted by atomic mass is 9.76. The maximum atomic E-state index is 14.0. The summed E-state index contributed by atoms with van der Waals surface area (Å²) in [4.78, 5) is 42.3. The zero-order valence-corrected chi connectivity index (χ0v) is 32.5. The third-order valence-electron chi connectivity index (χ3n) is 11.7. The van der Waals surface area contributed by atoms with Crippen molar-refractivity contribution in [1.29, 1.82) is 0 Å². The van der Waals surface area contributed by atoms with Crippen LogP contribution >= 0.6 is 0 Å². The number of hydrogen-bond donors (Lipinski definition) is 2. The molecule has 4 aliphatic rings. The Morgan fingerprint density at radius 1 is 0.843 bits per heavy atom. The zero-order valence-electron chi connectivity index (χ0n) is 32.5. The van der Waals surface area contributed by atoms with Gasteiger partial charge in [0.15, 0.2) is 30.1 Å². The minimum absolute atomic E-state index is 0.202. The molecule has 14 heteroatoms. The monoisotopic (exact) mass is 729 g/mol. The quantitative estimate of drug-likeness (QED) is 0.289. The van der Waals surface area contributed by atoms with Crippen LogP contribution in [0.3, 0.4) is 0 Å². The summed E-state index contributed by atoms with van der Waals surface area (Å²) in [5.41, 5.74) is -1.13. The highest BCUT2D eigenvalue weighted by Crippen LogP contribution is 2.43. The van der Waals surface area contributed by atoms with Crippen LogP contribution in [0.5, 0.6) is 0 Å². The van der Waals surface area contributed by atoms with Crippen molar-refractivity contribution < 1.29 is 62.5 Å². The van der Waals surface area contributed by atoms with Gasteiger partial charge in [0, 0.05) is 38.2 Å². The van der Waals surface area contributed by atoms with Gasteiger partial charge in [-0.25, -0.2) is 0 Å². The Morgan fingerprint density at radius 3 is 2.06 bits per heavy atom. The zero-order chi connectivity index (χ0) is 38.1. The van der Waals surface area contributed by atoms with Crippen molar-refractivity contribution >= 4 is 17.7 Å². The van der Waals surface area contributed by atoms with Crippen LogP contribution in [0.15, 0.2) is 0 Å². The van der Waals surface area contributed by atoms with Crippen LogP contribution in [0, 0.1) is 29.6 Å². The van der Waals surface area contributed by atoms with Crippen LogP contribution in [-0.4, -0.2) is 140 Å². The number of aliphatic hydroxyl groups excluding tert-OH is 2. The van der Waals surface area contributed by atoms with Gasteiger partial charge in [-0.1, -0.05) is 27.7 Å². The van der Waals surface area contributed by atoms with Crippen molar-refractivity contribution in [1.82, 2.24) is 4.90 Å². The summed E-state index contributed by atoms with van der Waals surface area (Å²) in [6.07, 6.45) is -7.24. The molecule has 18 atom stereocenters. The van der Waals surface area contributed by atoms with E-state index in [0.717, 1.165) is 0 Å². The molecule has 4 heterocycles. The standard InChI is InChI=1S/C37H63NO13/c1-17-15-37(16-45-37)34(42)20(4)29(40)19(3)23(7)48-35(43)22(6)32(50-28-14-27(44-12)30(41)24(8)47-28)21(5)31(17)51-36-33(49-25(9)39)26(38(10)11)13-18(2)46-36/h17-24,26-33,36,40-41H,13-16H2,1-12H3/t17-,18+,19-,20+,21+,22+,23+,24-,26-,27-,28-,29-,30-,31-,32?,33+,36-,37+/m0/s1. The van der Waals surface area contributed by atoms with E-state index in [0.29, 0.717) is 6.42 Å². The van der Waals surface area contributed by atoms with Crippen molar-refractivity contribution in [2.75, 3.05) is 27.8 Å². The maximum Gasteiger partial charge on any atom is 0.311 e. The van der Waals surface area contributed by atoms with Crippen molar-refractivity contribution in [2.45, 2.75) is 161 Å². The average Bonchev–Trinajstić information content (AvgIpc) is 3.85. The molecule has 51 heavy (non-hydrogen) atoms.